The number of carbonyl (C=O) groups is 2. The number of hydrogen-bond acceptors (Lipinski definition) is 5. The molecule has 7 nitrogen and oxygen atoms in total. The molecule has 0 bridgehead atoms. The second-order valence-electron chi connectivity index (χ2n) is 8.62. The van der Waals surface area contributed by atoms with E-state index >= 15 is 0 Å². The van der Waals surface area contributed by atoms with E-state index < -0.39 is 11.7 Å². The van der Waals surface area contributed by atoms with Gasteiger partial charge in [-0.25, -0.2) is 9.40 Å². The van der Waals surface area contributed by atoms with Crippen molar-refractivity contribution >= 4 is 17.5 Å². The van der Waals surface area contributed by atoms with Crippen LogP contribution in [0.1, 0.15) is 39.5 Å². The van der Waals surface area contributed by atoms with Gasteiger partial charge in [0, 0.05) is 25.1 Å². The third kappa shape index (κ3) is 5.07. The molecule has 1 atom stereocenters. The molecule has 0 saturated carbocycles. The summed E-state index contributed by atoms with van der Waals surface area (Å²) in [6.45, 7) is 1.74. The molecule has 1 aliphatic heterocycles. The lowest BCUT2D eigenvalue weighted by Crippen LogP contribution is -2.39. The summed E-state index contributed by atoms with van der Waals surface area (Å²) in [7, 11) is 4.62. The number of halogens is 1. The van der Waals surface area contributed by atoms with Gasteiger partial charge in [-0.1, -0.05) is 42.0 Å². The van der Waals surface area contributed by atoms with Gasteiger partial charge in [-0.3, -0.25) is 9.59 Å². The van der Waals surface area contributed by atoms with E-state index in [1.807, 2.05) is 43.3 Å². The van der Waals surface area contributed by atoms with Gasteiger partial charge >= 0.3 is 0 Å². The quantitative estimate of drug-likeness (QED) is 0.486. The fraction of sp³-hybridized carbons (Fsp3) is 0.250. The summed E-state index contributed by atoms with van der Waals surface area (Å²) in [5, 5.41) is 6.08. The molecule has 4 rings (SSSR count). The highest BCUT2D eigenvalue weighted by Crippen LogP contribution is 2.36. The van der Waals surface area contributed by atoms with E-state index in [2.05, 4.69) is 5.10 Å². The molecule has 0 radical (unpaired) electrons. The Hall–Kier alpha value is -4.20. The summed E-state index contributed by atoms with van der Waals surface area (Å²) in [6, 6.07) is 18.7. The first-order chi connectivity index (χ1) is 17.3. The van der Waals surface area contributed by atoms with Crippen molar-refractivity contribution < 1.29 is 23.5 Å². The van der Waals surface area contributed by atoms with E-state index in [4.69, 9.17) is 9.47 Å². The highest BCUT2D eigenvalue weighted by atomic mass is 19.1. The number of hydrazone groups is 1. The zero-order chi connectivity index (χ0) is 25.8. The minimum atomic E-state index is -0.632. The van der Waals surface area contributed by atoms with E-state index in [0.717, 1.165) is 16.7 Å². The molecule has 8 heteroatoms. The number of nitrogens with zero attached hydrogens (tertiary/aromatic N) is 3. The standard InChI is InChI=1S/C28H28FN3O4/c1-18-9-11-19(12-10-18)25-16-24(22-14-13-20(35-3)15-26(22)36-4)30-32(25)27(33)17-31(2)28(34)21-7-5-6-8-23(21)29/h5-15,25H,16-17H2,1-4H3. The first-order valence-electron chi connectivity index (χ1n) is 11.5. The summed E-state index contributed by atoms with van der Waals surface area (Å²) in [4.78, 5) is 27.4. The van der Waals surface area contributed by atoms with E-state index in [0.29, 0.717) is 23.6 Å². The molecule has 3 aromatic carbocycles. The molecule has 1 heterocycles. The molecule has 2 amide bonds. The molecule has 1 unspecified atom stereocenters. The second-order valence-corrected chi connectivity index (χ2v) is 8.62. The zero-order valence-electron chi connectivity index (χ0n) is 20.7. The van der Waals surface area contributed by atoms with Crippen molar-refractivity contribution in [3.05, 3.63) is 94.8 Å². The lowest BCUT2D eigenvalue weighted by atomic mass is 9.97. The maximum absolute atomic E-state index is 14.1. The smallest absolute Gasteiger partial charge is 0.262 e. The van der Waals surface area contributed by atoms with Gasteiger partial charge in [0.2, 0.25) is 0 Å². The average molecular weight is 490 g/mol. The highest BCUT2D eigenvalue weighted by Gasteiger charge is 2.35. The summed E-state index contributed by atoms with van der Waals surface area (Å²) in [6.07, 6.45) is 0.461. The van der Waals surface area contributed by atoms with Crippen LogP contribution >= 0.6 is 0 Å². The van der Waals surface area contributed by atoms with Crippen LogP contribution in [0.25, 0.3) is 0 Å². The Bertz CT molecular complexity index is 1310. The fourth-order valence-corrected chi connectivity index (χ4v) is 4.18. The molecule has 0 fully saturated rings. The van der Waals surface area contributed by atoms with Crippen LogP contribution in [0.5, 0.6) is 11.5 Å². The Kier molecular flexibility index (Phi) is 7.33. The number of aryl methyl sites for hydroxylation is 1. The lowest BCUT2D eigenvalue weighted by molar-refractivity contribution is -0.133. The van der Waals surface area contributed by atoms with Crippen molar-refractivity contribution in [2.75, 3.05) is 27.8 Å². The van der Waals surface area contributed by atoms with Crippen molar-refractivity contribution in [1.29, 1.82) is 0 Å². The van der Waals surface area contributed by atoms with Gasteiger partial charge in [0.1, 0.15) is 23.9 Å². The Labute approximate surface area is 209 Å². The maximum atomic E-state index is 14.1. The van der Waals surface area contributed by atoms with Gasteiger partial charge in [-0.2, -0.15) is 5.10 Å². The number of amides is 2. The third-order valence-corrected chi connectivity index (χ3v) is 6.17. The Morgan fingerprint density at radius 1 is 1.06 bits per heavy atom. The van der Waals surface area contributed by atoms with Gasteiger partial charge in [0.25, 0.3) is 11.8 Å². The van der Waals surface area contributed by atoms with Crippen LogP contribution in [0, 0.1) is 12.7 Å². The average Bonchev–Trinajstić information content (AvgIpc) is 3.34. The van der Waals surface area contributed by atoms with E-state index in [9.17, 15) is 14.0 Å². The predicted octanol–water partition coefficient (Wildman–Crippen LogP) is 4.60. The first-order valence-corrected chi connectivity index (χ1v) is 11.5. The largest absolute Gasteiger partial charge is 0.497 e. The van der Waals surface area contributed by atoms with Gasteiger partial charge in [-0.15, -0.1) is 0 Å². The first kappa shape index (κ1) is 24.9. The van der Waals surface area contributed by atoms with Crippen LogP contribution in [0.3, 0.4) is 0 Å². The van der Waals surface area contributed by atoms with Crippen LogP contribution in [0.2, 0.25) is 0 Å². The van der Waals surface area contributed by atoms with Crippen LogP contribution in [0.4, 0.5) is 4.39 Å². The number of carbonyl (C=O) groups excluding carboxylic acids is 2. The molecule has 3 aromatic rings. The van der Waals surface area contributed by atoms with Gasteiger partial charge in [0.15, 0.2) is 0 Å². The number of ether oxygens (including phenoxy) is 2. The Morgan fingerprint density at radius 3 is 2.44 bits per heavy atom. The second kappa shape index (κ2) is 10.6. The third-order valence-electron chi connectivity index (χ3n) is 6.17. The molecule has 0 aromatic heterocycles. The van der Waals surface area contributed by atoms with Crippen molar-refractivity contribution in [3.8, 4) is 11.5 Å². The monoisotopic (exact) mass is 489 g/mol. The molecule has 186 valence electrons. The van der Waals surface area contributed by atoms with E-state index in [1.54, 1.807) is 26.4 Å². The Morgan fingerprint density at radius 2 is 1.78 bits per heavy atom. The molecule has 0 saturated heterocycles. The van der Waals surface area contributed by atoms with Gasteiger partial charge in [0.05, 0.1) is 31.5 Å². The molecule has 0 N–H and O–H groups in total. The van der Waals surface area contributed by atoms with Crippen molar-refractivity contribution in [3.63, 3.8) is 0 Å². The van der Waals surface area contributed by atoms with Crippen LogP contribution in [0.15, 0.2) is 71.8 Å². The van der Waals surface area contributed by atoms with E-state index in [-0.39, 0.29) is 24.1 Å². The van der Waals surface area contributed by atoms with Gasteiger partial charge < -0.3 is 14.4 Å². The van der Waals surface area contributed by atoms with Gasteiger partial charge in [-0.05, 0) is 36.8 Å². The summed E-state index contributed by atoms with van der Waals surface area (Å²) in [5.41, 5.74) is 3.36. The van der Waals surface area contributed by atoms with Crippen molar-refractivity contribution in [1.82, 2.24) is 9.91 Å². The molecule has 36 heavy (non-hydrogen) atoms. The molecule has 1 aliphatic rings. The minimum absolute atomic E-state index is 0.0866. The normalized spacial score (nSPS) is 14.9. The fourth-order valence-electron chi connectivity index (χ4n) is 4.18. The maximum Gasteiger partial charge on any atom is 0.262 e. The Balaban J connectivity index is 1.64. The summed E-state index contributed by atoms with van der Waals surface area (Å²) < 4.78 is 25.0. The summed E-state index contributed by atoms with van der Waals surface area (Å²) in [5.74, 6) is -0.362. The molecule has 0 spiro atoms. The number of benzene rings is 3. The number of likely N-dealkylation sites (N-methyl/N-ethyl adjacent to an activating group) is 1. The topological polar surface area (TPSA) is 71.4 Å². The summed E-state index contributed by atoms with van der Waals surface area (Å²) >= 11 is 0. The molecular formula is C28H28FN3O4. The zero-order valence-corrected chi connectivity index (χ0v) is 20.7. The van der Waals surface area contributed by atoms with Crippen LogP contribution in [-0.2, 0) is 4.79 Å². The molecular weight excluding hydrogens is 461 g/mol. The lowest BCUT2D eigenvalue weighted by Gasteiger charge is -2.25. The van der Waals surface area contributed by atoms with Crippen LogP contribution in [-0.4, -0.2) is 55.2 Å². The van der Waals surface area contributed by atoms with Crippen molar-refractivity contribution in [2.24, 2.45) is 5.10 Å². The van der Waals surface area contributed by atoms with E-state index in [1.165, 1.54) is 35.2 Å². The molecule has 0 aliphatic carbocycles. The highest BCUT2D eigenvalue weighted by molar-refractivity contribution is 6.05. The number of methoxy groups -OCH3 is 2. The SMILES string of the molecule is COc1ccc(C2=NN(C(=O)CN(C)C(=O)c3ccccc3F)C(c3ccc(C)cc3)C2)c(OC)c1. The number of hydrogen-bond donors (Lipinski definition) is 0. The number of rotatable bonds is 7. The minimum Gasteiger partial charge on any atom is -0.497 e. The predicted molar refractivity (Wildman–Crippen MR) is 135 cm³/mol. The van der Waals surface area contributed by atoms with Crippen LogP contribution < -0.4 is 9.47 Å². The van der Waals surface area contributed by atoms with Crippen molar-refractivity contribution in [2.45, 2.75) is 19.4 Å².